The Balaban J connectivity index is 1.72. The Morgan fingerprint density at radius 3 is 2.17 bits per heavy atom. The Labute approximate surface area is 349 Å². The van der Waals surface area contributed by atoms with Gasteiger partial charge in [0.05, 0.1) is 29.1 Å². The molecule has 0 radical (unpaired) electrons. The van der Waals surface area contributed by atoms with Gasteiger partial charge in [-0.25, -0.2) is 5.26 Å². The summed E-state index contributed by atoms with van der Waals surface area (Å²) in [4.78, 5) is 19.4. The number of thiocarbonyl (C=S) groups is 1. The van der Waals surface area contributed by atoms with Gasteiger partial charge < -0.3 is 19.8 Å². The van der Waals surface area contributed by atoms with Gasteiger partial charge in [0.1, 0.15) is 12.3 Å². The van der Waals surface area contributed by atoms with Crippen LogP contribution in [0.2, 0.25) is 0 Å². The minimum absolute atomic E-state index is 0.0611. The van der Waals surface area contributed by atoms with Crippen molar-refractivity contribution in [3.8, 4) is 5.75 Å². The molecule has 4 rings (SSSR count). The van der Waals surface area contributed by atoms with Crippen molar-refractivity contribution in [3.63, 3.8) is 0 Å². The lowest BCUT2D eigenvalue weighted by atomic mass is 9.81. The lowest BCUT2D eigenvalue weighted by molar-refractivity contribution is -0.449. The summed E-state index contributed by atoms with van der Waals surface area (Å²) in [7, 11) is -12.6. The number of ether oxygens (including phenoxy) is 1. The highest BCUT2D eigenvalue weighted by Gasteiger charge is 2.45. The maximum Gasteiger partial charge on any atom is 0.266 e. The van der Waals surface area contributed by atoms with Crippen LogP contribution in [0.1, 0.15) is 81.3 Å². The molecule has 2 aromatic carbocycles. The van der Waals surface area contributed by atoms with Gasteiger partial charge in [0.2, 0.25) is 10.7 Å². The highest BCUT2D eigenvalue weighted by atomic mass is 32.2. The summed E-state index contributed by atoms with van der Waals surface area (Å²) < 4.78 is 104. The van der Waals surface area contributed by atoms with Crippen molar-refractivity contribution >= 4 is 70.6 Å². The van der Waals surface area contributed by atoms with E-state index >= 15 is 0 Å². The molecule has 1 amide bonds. The molecule has 0 aromatic heterocycles. The lowest BCUT2D eigenvalue weighted by Crippen LogP contribution is -2.30. The van der Waals surface area contributed by atoms with Gasteiger partial charge in [-0.05, 0) is 92.3 Å². The molecule has 326 valence electrons. The highest BCUT2D eigenvalue weighted by molar-refractivity contribution is 7.86. The zero-order valence-corrected chi connectivity index (χ0v) is 36.3. The number of hydrogen-bond acceptors (Lipinski definition) is 14. The van der Waals surface area contributed by atoms with E-state index in [9.17, 15) is 39.2 Å². The molecule has 0 saturated heterocycles. The van der Waals surface area contributed by atoms with Gasteiger partial charge >= 0.3 is 0 Å². The van der Waals surface area contributed by atoms with Gasteiger partial charge in [0.25, 0.3) is 36.3 Å². The van der Waals surface area contributed by atoms with Gasteiger partial charge in [0, 0.05) is 59.6 Å². The van der Waals surface area contributed by atoms with Crippen molar-refractivity contribution in [3.05, 3.63) is 77.0 Å². The quantitative estimate of drug-likeness (QED) is 0.0196. The molecule has 18 nitrogen and oxygen atoms in total. The number of amides is 1. The second-order valence-corrected chi connectivity index (χ2v) is 20.4. The zero-order valence-electron chi connectivity index (χ0n) is 33.0. The van der Waals surface area contributed by atoms with E-state index in [-0.39, 0.29) is 36.4 Å². The molecule has 0 saturated carbocycles. The zero-order chi connectivity index (χ0) is 44.0. The van der Waals surface area contributed by atoms with E-state index in [1.54, 1.807) is 24.3 Å². The van der Waals surface area contributed by atoms with Crippen LogP contribution in [-0.4, -0.2) is 109 Å². The minimum Gasteiger partial charge on any atom is -0.475 e. The fourth-order valence-electron chi connectivity index (χ4n) is 7.22. The molecule has 2 aliphatic heterocycles. The molecule has 0 aliphatic carbocycles. The molecular formula is C37H51N4O14S4+. The number of rotatable bonds is 21. The lowest BCUT2D eigenvalue weighted by Gasteiger charge is -2.27. The van der Waals surface area contributed by atoms with Crippen LogP contribution in [0.15, 0.2) is 60.3 Å². The Bertz CT molecular complexity index is 2340. The van der Waals surface area contributed by atoms with Crippen LogP contribution in [0.3, 0.4) is 0 Å². The average molecular weight is 904 g/mol. The molecule has 1 atom stereocenters. The van der Waals surface area contributed by atoms with Crippen LogP contribution in [0.25, 0.3) is 0 Å². The molecule has 1 unspecified atom stereocenters. The molecule has 22 heteroatoms. The first-order valence-corrected chi connectivity index (χ1v) is 23.7. The van der Waals surface area contributed by atoms with E-state index in [4.69, 9.17) is 32.5 Å². The first-order chi connectivity index (χ1) is 27.3. The predicted molar refractivity (Wildman–Crippen MR) is 224 cm³/mol. The SMILES string of the molecule is CC1(C)C(C=C/C=C2/N(CCCCS(=O)(=O)O)c3ccc(C(=O)NCCS(=O)(=O)O)cc3C2(C)C)=[N+](CCCCS(=O)(=O)O)c2ccc(OC(N)CC(=S)OOO)cc21. The van der Waals surface area contributed by atoms with Crippen molar-refractivity contribution < 1.29 is 68.2 Å². The van der Waals surface area contributed by atoms with Crippen molar-refractivity contribution in [1.29, 1.82) is 0 Å². The first-order valence-electron chi connectivity index (χ1n) is 18.5. The molecule has 0 spiro atoms. The molecule has 7 N–H and O–H groups in total. The second kappa shape index (κ2) is 19.3. The second-order valence-electron chi connectivity index (χ2n) is 15.2. The van der Waals surface area contributed by atoms with Gasteiger partial charge in [0.15, 0.2) is 11.9 Å². The van der Waals surface area contributed by atoms with Crippen LogP contribution in [-0.2, 0) is 51.1 Å². The number of anilines is 1. The number of fused-ring (bicyclic) bond motifs is 2. The van der Waals surface area contributed by atoms with Crippen LogP contribution >= 0.6 is 12.2 Å². The normalized spacial score (nSPS) is 17.3. The molecule has 2 aromatic rings. The summed E-state index contributed by atoms with van der Waals surface area (Å²) in [6.45, 7) is 8.44. The Morgan fingerprint density at radius 2 is 1.54 bits per heavy atom. The summed E-state index contributed by atoms with van der Waals surface area (Å²) in [5.41, 5.74) is 9.93. The van der Waals surface area contributed by atoms with Crippen molar-refractivity contribution in [2.75, 3.05) is 41.8 Å². The van der Waals surface area contributed by atoms with Crippen molar-refractivity contribution in [2.45, 2.75) is 76.9 Å². The number of nitrogens with one attached hydrogen (secondary N) is 1. The molecule has 59 heavy (non-hydrogen) atoms. The molecular weight excluding hydrogens is 853 g/mol. The predicted octanol–water partition coefficient (Wildman–Crippen LogP) is 4.06. The van der Waals surface area contributed by atoms with Crippen molar-refractivity contribution in [2.24, 2.45) is 5.73 Å². The summed E-state index contributed by atoms with van der Waals surface area (Å²) in [6, 6.07) is 10.5. The monoisotopic (exact) mass is 903 g/mol. The van der Waals surface area contributed by atoms with E-state index in [1.165, 1.54) is 0 Å². The van der Waals surface area contributed by atoms with Gasteiger partial charge in [-0.3, -0.25) is 24.2 Å². The molecule has 2 aliphatic rings. The third-order valence-corrected chi connectivity index (χ3v) is 12.6. The standard InChI is InChI=1S/C37H50N4O14S4/c1-36(2)27-22-25(35(42)39-16-21-59(50,51)52)12-14-29(27)40(17-5-7-19-57(44,45)46)31(36)10-9-11-32-37(3,4)28-23-26(53-33(38)24-34(56)54-55-43)13-15-30(28)41(32)18-6-8-20-58(47,48)49/h9-15,22-23,33H,5-8,16-21,24,38H2,1-4H3,(H4-,39,42,43,44,45,46,47,48,49,50,51,52)/p+1. The van der Waals surface area contributed by atoms with Gasteiger partial charge in [-0.2, -0.15) is 29.8 Å². The van der Waals surface area contributed by atoms with Crippen LogP contribution < -0.4 is 20.7 Å². The third kappa shape index (κ3) is 13.1. The summed E-state index contributed by atoms with van der Waals surface area (Å²) in [5, 5.41) is 14.5. The van der Waals surface area contributed by atoms with Crippen LogP contribution in [0.4, 0.5) is 11.4 Å². The van der Waals surface area contributed by atoms with E-state index in [0.717, 1.165) is 33.9 Å². The van der Waals surface area contributed by atoms with Crippen LogP contribution in [0.5, 0.6) is 5.75 Å². The maximum absolute atomic E-state index is 13.0. The third-order valence-electron chi connectivity index (χ3n) is 10.0. The number of unbranched alkanes of at least 4 members (excludes halogenated alkanes) is 2. The fourth-order valence-corrected chi connectivity index (χ4v) is 8.91. The summed E-state index contributed by atoms with van der Waals surface area (Å²) >= 11 is 4.95. The number of nitrogens with two attached hydrogens (primary N) is 1. The molecule has 0 bridgehead atoms. The largest absolute Gasteiger partial charge is 0.475 e. The Hall–Kier alpha value is -3.84. The molecule has 0 fully saturated rings. The number of nitrogens with zero attached hydrogens (tertiary/aromatic N) is 2. The number of carbonyl (C=O) groups is 1. The minimum atomic E-state index is -4.28. The summed E-state index contributed by atoms with van der Waals surface area (Å²) in [5.74, 6) is -1.56. The Morgan fingerprint density at radius 1 is 0.898 bits per heavy atom. The van der Waals surface area contributed by atoms with E-state index in [1.807, 2.05) is 63.0 Å². The molecule has 2 heterocycles. The Kier molecular flexibility index (Phi) is 15.6. The summed E-state index contributed by atoms with van der Waals surface area (Å²) in [6.07, 6.45) is 5.96. The fraction of sp³-hybridized carbons (Fsp3) is 0.486. The maximum atomic E-state index is 13.0. The first kappa shape index (κ1) is 47.8. The average Bonchev–Trinajstić information content (AvgIpc) is 3.44. The van der Waals surface area contributed by atoms with E-state index < -0.39 is 70.6 Å². The van der Waals surface area contributed by atoms with E-state index in [2.05, 4.69) is 19.8 Å². The number of allylic oxidation sites excluding steroid dienone is 4. The van der Waals surface area contributed by atoms with Gasteiger partial charge in [-0.15, -0.1) is 0 Å². The van der Waals surface area contributed by atoms with Gasteiger partial charge in [-0.1, -0.05) is 19.9 Å². The van der Waals surface area contributed by atoms with Crippen molar-refractivity contribution in [1.82, 2.24) is 5.32 Å². The van der Waals surface area contributed by atoms with Crippen LogP contribution in [0, 0.1) is 0 Å². The number of carbonyl (C=O) groups excluding carboxylic acids is 1. The number of benzene rings is 2. The highest BCUT2D eigenvalue weighted by Crippen LogP contribution is 2.48. The smallest absolute Gasteiger partial charge is 0.266 e. The number of hydrogen-bond donors (Lipinski definition) is 6. The topological polar surface area (TPSA) is 272 Å². The van der Waals surface area contributed by atoms with E-state index in [0.29, 0.717) is 31.7 Å².